The van der Waals surface area contributed by atoms with Crippen molar-refractivity contribution in [2.24, 2.45) is 11.8 Å². The Hall–Kier alpha value is -0.900. The molecule has 2 aliphatic carbocycles. The van der Waals surface area contributed by atoms with E-state index in [1.54, 1.807) is 21.3 Å². The molecule has 0 aromatic heterocycles. The predicted molar refractivity (Wildman–Crippen MR) is 76.1 cm³/mol. The molecule has 2 bridgehead atoms. The van der Waals surface area contributed by atoms with E-state index in [1.807, 2.05) is 0 Å². The second-order valence-electron chi connectivity index (χ2n) is 5.46. The highest BCUT2D eigenvalue weighted by molar-refractivity contribution is 5.57. The molecule has 0 saturated carbocycles. The molecule has 0 N–H and O–H groups in total. The van der Waals surface area contributed by atoms with Crippen LogP contribution in [0.1, 0.15) is 13.8 Å². The molecule has 106 valence electrons. The second-order valence-corrected chi connectivity index (χ2v) is 5.46. The van der Waals surface area contributed by atoms with Crippen LogP contribution in [0, 0.1) is 11.8 Å². The van der Waals surface area contributed by atoms with Crippen LogP contribution in [-0.2, 0) is 14.2 Å². The molecular formula is C16H24O3. The van der Waals surface area contributed by atoms with Gasteiger partial charge >= 0.3 is 0 Å². The Balaban J connectivity index is 2.40. The van der Waals surface area contributed by atoms with Gasteiger partial charge in [0.05, 0.1) is 19.8 Å². The van der Waals surface area contributed by atoms with Crippen molar-refractivity contribution in [3.05, 3.63) is 33.9 Å². The zero-order valence-corrected chi connectivity index (χ0v) is 12.6. The Morgan fingerprint density at radius 3 is 2.05 bits per heavy atom. The molecule has 0 fully saturated rings. The molecule has 2 aliphatic rings. The first-order chi connectivity index (χ1) is 9.15. The zero-order valence-electron chi connectivity index (χ0n) is 12.6. The van der Waals surface area contributed by atoms with Gasteiger partial charge in [0.1, 0.15) is 0 Å². The SMILES string of the molecule is COCC1=C[C@H]2C(COC)=C(COC)[C@@H]1C2=C(C)C. The van der Waals surface area contributed by atoms with Crippen LogP contribution in [0.4, 0.5) is 0 Å². The summed E-state index contributed by atoms with van der Waals surface area (Å²) in [6, 6.07) is 0. The van der Waals surface area contributed by atoms with E-state index >= 15 is 0 Å². The average molecular weight is 264 g/mol. The first kappa shape index (κ1) is 14.5. The van der Waals surface area contributed by atoms with E-state index in [1.165, 1.54) is 27.9 Å². The molecule has 0 amide bonds. The van der Waals surface area contributed by atoms with E-state index in [9.17, 15) is 0 Å². The molecule has 3 heteroatoms. The van der Waals surface area contributed by atoms with E-state index in [-0.39, 0.29) is 0 Å². The van der Waals surface area contributed by atoms with Crippen molar-refractivity contribution < 1.29 is 14.2 Å². The third-order valence-corrected chi connectivity index (χ3v) is 4.02. The summed E-state index contributed by atoms with van der Waals surface area (Å²) in [7, 11) is 5.27. The van der Waals surface area contributed by atoms with Crippen LogP contribution in [0.5, 0.6) is 0 Å². The molecule has 2 rings (SSSR count). The van der Waals surface area contributed by atoms with Crippen LogP contribution in [-0.4, -0.2) is 41.2 Å². The van der Waals surface area contributed by atoms with Crippen LogP contribution < -0.4 is 0 Å². The molecule has 0 saturated heterocycles. The lowest BCUT2D eigenvalue weighted by Crippen LogP contribution is -2.14. The summed E-state index contributed by atoms with van der Waals surface area (Å²) in [5.41, 5.74) is 7.03. The fourth-order valence-corrected chi connectivity index (χ4v) is 3.43. The summed E-state index contributed by atoms with van der Waals surface area (Å²) in [6.07, 6.45) is 2.35. The number of hydrogen-bond donors (Lipinski definition) is 0. The molecule has 0 aromatic rings. The molecule has 0 aliphatic heterocycles. The van der Waals surface area contributed by atoms with E-state index in [4.69, 9.17) is 14.2 Å². The molecule has 0 radical (unpaired) electrons. The third kappa shape index (κ3) is 2.42. The molecule has 0 heterocycles. The summed E-state index contributed by atoms with van der Waals surface area (Å²) in [6.45, 7) is 6.45. The Labute approximate surface area is 115 Å². The molecule has 0 spiro atoms. The van der Waals surface area contributed by atoms with Crippen LogP contribution in [0.3, 0.4) is 0 Å². The first-order valence-corrected chi connectivity index (χ1v) is 6.72. The number of ether oxygens (including phenoxy) is 3. The van der Waals surface area contributed by atoms with Gasteiger partial charge in [0.25, 0.3) is 0 Å². The lowest BCUT2D eigenvalue weighted by atomic mass is 9.90. The van der Waals surface area contributed by atoms with Crippen LogP contribution >= 0.6 is 0 Å². The summed E-state index contributed by atoms with van der Waals surface area (Å²) in [5.74, 6) is 0.769. The lowest BCUT2D eigenvalue weighted by Gasteiger charge is -2.20. The average Bonchev–Trinajstić information content (AvgIpc) is 2.85. The van der Waals surface area contributed by atoms with Gasteiger partial charge in [-0.15, -0.1) is 0 Å². The van der Waals surface area contributed by atoms with Gasteiger partial charge in [-0.3, -0.25) is 0 Å². The van der Waals surface area contributed by atoms with Crippen molar-refractivity contribution in [2.75, 3.05) is 41.2 Å². The fourth-order valence-electron chi connectivity index (χ4n) is 3.43. The number of hydrogen-bond acceptors (Lipinski definition) is 3. The topological polar surface area (TPSA) is 27.7 Å². The van der Waals surface area contributed by atoms with Crippen LogP contribution in [0.2, 0.25) is 0 Å². The van der Waals surface area contributed by atoms with Gasteiger partial charge in [-0.1, -0.05) is 11.6 Å². The Kier molecular flexibility index (Phi) is 4.61. The van der Waals surface area contributed by atoms with Crippen molar-refractivity contribution >= 4 is 0 Å². The maximum absolute atomic E-state index is 5.41. The maximum Gasteiger partial charge on any atom is 0.0685 e. The summed E-state index contributed by atoms with van der Waals surface area (Å²) in [4.78, 5) is 0. The quantitative estimate of drug-likeness (QED) is 0.690. The van der Waals surface area contributed by atoms with Gasteiger partial charge in [0, 0.05) is 33.2 Å². The third-order valence-electron chi connectivity index (χ3n) is 4.02. The summed E-state index contributed by atoms with van der Waals surface area (Å²) >= 11 is 0. The molecular weight excluding hydrogens is 240 g/mol. The normalized spacial score (nSPS) is 25.3. The van der Waals surface area contributed by atoms with Crippen molar-refractivity contribution in [3.8, 4) is 0 Å². The minimum Gasteiger partial charge on any atom is -0.380 e. The van der Waals surface area contributed by atoms with Crippen molar-refractivity contribution in [1.82, 2.24) is 0 Å². The van der Waals surface area contributed by atoms with Crippen molar-refractivity contribution in [1.29, 1.82) is 0 Å². The highest BCUT2D eigenvalue weighted by atomic mass is 16.5. The Morgan fingerprint density at radius 2 is 1.53 bits per heavy atom. The highest BCUT2D eigenvalue weighted by Crippen LogP contribution is 2.52. The molecule has 19 heavy (non-hydrogen) atoms. The standard InChI is InChI=1S/C16H24O3/c1-10(2)15-12-6-11(7-17-3)16(15)14(9-19-5)13(12)8-18-4/h6,12,16H,7-9H2,1-5H3/t12-,16+/m0/s1. The number of fused-ring (bicyclic) bond motifs is 2. The van der Waals surface area contributed by atoms with Gasteiger partial charge in [-0.25, -0.2) is 0 Å². The second kappa shape index (κ2) is 6.04. The lowest BCUT2D eigenvalue weighted by molar-refractivity contribution is 0.201. The van der Waals surface area contributed by atoms with Crippen LogP contribution in [0.15, 0.2) is 33.9 Å². The molecule has 0 aromatic carbocycles. The van der Waals surface area contributed by atoms with Gasteiger partial charge in [-0.2, -0.15) is 0 Å². The summed E-state index contributed by atoms with van der Waals surface area (Å²) < 4.78 is 16.1. The van der Waals surface area contributed by atoms with Gasteiger partial charge in [-0.05, 0) is 36.1 Å². The Morgan fingerprint density at radius 1 is 0.947 bits per heavy atom. The first-order valence-electron chi connectivity index (χ1n) is 6.72. The van der Waals surface area contributed by atoms with E-state index in [0.717, 1.165) is 0 Å². The molecule has 2 atom stereocenters. The smallest absolute Gasteiger partial charge is 0.0685 e. The predicted octanol–water partition coefficient (Wildman–Crippen LogP) is 2.74. The van der Waals surface area contributed by atoms with E-state index in [0.29, 0.717) is 31.7 Å². The maximum atomic E-state index is 5.41. The zero-order chi connectivity index (χ0) is 14.0. The minimum atomic E-state index is 0.375. The van der Waals surface area contributed by atoms with E-state index < -0.39 is 0 Å². The van der Waals surface area contributed by atoms with Gasteiger partial charge < -0.3 is 14.2 Å². The van der Waals surface area contributed by atoms with Crippen molar-refractivity contribution in [2.45, 2.75) is 13.8 Å². The molecule has 3 nitrogen and oxygen atoms in total. The summed E-state index contributed by atoms with van der Waals surface area (Å²) in [5, 5.41) is 0. The monoisotopic (exact) mass is 264 g/mol. The fraction of sp³-hybridized carbons (Fsp3) is 0.625. The minimum absolute atomic E-state index is 0.375. The van der Waals surface area contributed by atoms with Gasteiger partial charge in [0.15, 0.2) is 0 Å². The van der Waals surface area contributed by atoms with Crippen LogP contribution in [0.25, 0.3) is 0 Å². The van der Waals surface area contributed by atoms with Gasteiger partial charge in [0.2, 0.25) is 0 Å². The molecule has 0 unspecified atom stereocenters. The van der Waals surface area contributed by atoms with E-state index in [2.05, 4.69) is 19.9 Å². The number of rotatable bonds is 6. The van der Waals surface area contributed by atoms with Crippen molar-refractivity contribution in [3.63, 3.8) is 0 Å². The highest BCUT2D eigenvalue weighted by Gasteiger charge is 2.44. The Bertz CT molecular complexity index is 439. The number of allylic oxidation sites excluding steroid dienone is 3. The largest absolute Gasteiger partial charge is 0.380 e. The number of methoxy groups -OCH3 is 3.